The first-order valence-corrected chi connectivity index (χ1v) is 6.76. The van der Waals surface area contributed by atoms with Gasteiger partial charge in [-0.2, -0.15) is 0 Å². The Morgan fingerprint density at radius 3 is 2.67 bits per heavy atom. The van der Waals surface area contributed by atoms with E-state index in [1.807, 2.05) is 30.5 Å². The Morgan fingerprint density at radius 1 is 1.11 bits per heavy atom. The molecular weight excluding hydrogens is 227 g/mol. The average Bonchev–Trinajstić information content (AvgIpc) is 2.95. The van der Waals surface area contributed by atoms with Crippen LogP contribution in [0.15, 0.2) is 30.5 Å². The summed E-state index contributed by atoms with van der Waals surface area (Å²) in [7, 11) is 0. The highest BCUT2D eigenvalue weighted by molar-refractivity contribution is 5.80. The first-order chi connectivity index (χ1) is 8.73. The van der Waals surface area contributed by atoms with Crippen molar-refractivity contribution in [2.45, 2.75) is 43.4 Å². The van der Waals surface area contributed by atoms with E-state index in [0.717, 1.165) is 29.3 Å². The summed E-state index contributed by atoms with van der Waals surface area (Å²) in [6.45, 7) is 0. The first-order valence-electron chi connectivity index (χ1n) is 6.76. The predicted octanol–water partition coefficient (Wildman–Crippen LogP) is 3.25. The van der Waals surface area contributed by atoms with Crippen LogP contribution >= 0.6 is 0 Å². The minimum atomic E-state index is -1.14. The molecule has 1 aromatic heterocycles. The molecule has 18 heavy (non-hydrogen) atoms. The number of nitrogens with one attached hydrogen (secondary N) is 2. The minimum Gasteiger partial charge on any atom is -0.361 e. The van der Waals surface area contributed by atoms with Gasteiger partial charge in [0.25, 0.3) is 0 Å². The molecule has 94 valence electrons. The molecule has 1 aromatic carbocycles. The summed E-state index contributed by atoms with van der Waals surface area (Å²) in [4.78, 5) is 3.16. The second-order valence-electron chi connectivity index (χ2n) is 5.79. The number of aromatic nitrogens is 1. The smallest absolute Gasteiger partial charge is 0.139 e. The molecule has 0 saturated carbocycles. The number of alkyl halides is 1. The monoisotopic (exact) mass is 244 g/mol. The van der Waals surface area contributed by atoms with Gasteiger partial charge in [0.05, 0.1) is 0 Å². The molecule has 3 heterocycles. The van der Waals surface area contributed by atoms with Crippen molar-refractivity contribution in [3.63, 3.8) is 0 Å². The van der Waals surface area contributed by atoms with Gasteiger partial charge in [0.15, 0.2) is 0 Å². The zero-order chi connectivity index (χ0) is 12.2. The fourth-order valence-corrected chi connectivity index (χ4v) is 3.66. The Hall–Kier alpha value is -1.35. The molecule has 3 heteroatoms. The van der Waals surface area contributed by atoms with Crippen LogP contribution < -0.4 is 5.32 Å². The summed E-state index contributed by atoms with van der Waals surface area (Å²) in [5.41, 5.74) is 0.801. The number of hydrogen-bond donors (Lipinski definition) is 2. The van der Waals surface area contributed by atoms with Crippen molar-refractivity contribution in [2.24, 2.45) is 0 Å². The summed E-state index contributed by atoms with van der Waals surface area (Å²) in [6.07, 6.45) is 5.41. The molecule has 2 saturated heterocycles. The fourth-order valence-electron chi connectivity index (χ4n) is 3.66. The van der Waals surface area contributed by atoms with Gasteiger partial charge in [-0.3, -0.25) is 0 Å². The number of piperidine rings is 1. The van der Waals surface area contributed by atoms with E-state index in [4.69, 9.17) is 0 Å². The number of halogens is 1. The van der Waals surface area contributed by atoms with Gasteiger partial charge in [-0.1, -0.05) is 6.07 Å². The Kier molecular flexibility index (Phi) is 2.10. The normalized spacial score (nSPS) is 35.2. The lowest BCUT2D eigenvalue weighted by Crippen LogP contribution is -2.44. The number of H-pyrrole nitrogens is 1. The zero-order valence-corrected chi connectivity index (χ0v) is 10.2. The third kappa shape index (κ3) is 1.50. The minimum absolute atomic E-state index is 0.371. The number of fused-ring (bicyclic) bond motifs is 3. The number of hydrogen-bond acceptors (Lipinski definition) is 1. The van der Waals surface area contributed by atoms with Crippen LogP contribution in [0.4, 0.5) is 4.39 Å². The van der Waals surface area contributed by atoms with Crippen LogP contribution in [0.2, 0.25) is 0 Å². The van der Waals surface area contributed by atoms with Crippen LogP contribution in [0.5, 0.6) is 0 Å². The van der Waals surface area contributed by atoms with Gasteiger partial charge in [-0.05, 0) is 42.0 Å². The molecule has 2 aliphatic heterocycles. The van der Waals surface area contributed by atoms with Gasteiger partial charge in [0, 0.05) is 36.6 Å². The molecule has 2 fully saturated rings. The fraction of sp³-hybridized carbons (Fsp3) is 0.467. The van der Waals surface area contributed by atoms with Crippen LogP contribution in [0.1, 0.15) is 31.2 Å². The second kappa shape index (κ2) is 3.58. The Balaban J connectivity index is 1.76. The third-order valence-corrected chi connectivity index (χ3v) is 4.55. The van der Waals surface area contributed by atoms with Gasteiger partial charge in [0.2, 0.25) is 0 Å². The van der Waals surface area contributed by atoms with Gasteiger partial charge >= 0.3 is 0 Å². The SMILES string of the molecule is FC1(c2ccc3[nH]ccc3c2)CC2CCC(C1)N2. The molecule has 2 atom stereocenters. The van der Waals surface area contributed by atoms with Gasteiger partial charge in [-0.25, -0.2) is 4.39 Å². The average molecular weight is 244 g/mol. The third-order valence-electron chi connectivity index (χ3n) is 4.55. The van der Waals surface area contributed by atoms with Crippen molar-refractivity contribution in [3.8, 4) is 0 Å². The van der Waals surface area contributed by atoms with Crippen LogP contribution in [-0.2, 0) is 5.67 Å². The topological polar surface area (TPSA) is 27.8 Å². The number of rotatable bonds is 1. The summed E-state index contributed by atoms with van der Waals surface area (Å²) >= 11 is 0. The maximum Gasteiger partial charge on any atom is 0.139 e. The Bertz CT molecular complexity index is 577. The molecule has 0 spiro atoms. The summed E-state index contributed by atoms with van der Waals surface area (Å²) in [5.74, 6) is 0. The summed E-state index contributed by atoms with van der Waals surface area (Å²) in [5, 5.41) is 4.61. The van der Waals surface area contributed by atoms with E-state index in [2.05, 4.69) is 10.3 Å². The number of benzene rings is 1. The van der Waals surface area contributed by atoms with Crippen molar-refractivity contribution in [3.05, 3.63) is 36.0 Å². The van der Waals surface area contributed by atoms with Crippen molar-refractivity contribution in [1.82, 2.24) is 10.3 Å². The van der Waals surface area contributed by atoms with E-state index in [9.17, 15) is 0 Å². The lowest BCUT2D eigenvalue weighted by molar-refractivity contribution is 0.0875. The number of aromatic amines is 1. The molecule has 2 aromatic rings. The van der Waals surface area contributed by atoms with Crippen LogP contribution in [0.25, 0.3) is 10.9 Å². The van der Waals surface area contributed by atoms with Crippen LogP contribution in [0, 0.1) is 0 Å². The molecule has 2 unspecified atom stereocenters. The Morgan fingerprint density at radius 2 is 1.89 bits per heavy atom. The molecule has 2 N–H and O–H groups in total. The molecular formula is C15H17FN2. The maximum atomic E-state index is 15.2. The van der Waals surface area contributed by atoms with Gasteiger partial charge < -0.3 is 10.3 Å². The lowest BCUT2D eigenvalue weighted by Gasteiger charge is -2.35. The second-order valence-corrected chi connectivity index (χ2v) is 5.79. The van der Waals surface area contributed by atoms with Crippen molar-refractivity contribution in [1.29, 1.82) is 0 Å². The first kappa shape index (κ1) is 10.6. The van der Waals surface area contributed by atoms with E-state index in [-0.39, 0.29) is 0 Å². The van der Waals surface area contributed by atoms with E-state index in [1.54, 1.807) is 0 Å². The van der Waals surface area contributed by atoms with E-state index >= 15 is 4.39 Å². The highest BCUT2D eigenvalue weighted by Crippen LogP contribution is 2.44. The van der Waals surface area contributed by atoms with Crippen LogP contribution in [-0.4, -0.2) is 17.1 Å². The predicted molar refractivity (Wildman–Crippen MR) is 70.3 cm³/mol. The lowest BCUT2D eigenvalue weighted by atomic mass is 9.83. The quantitative estimate of drug-likeness (QED) is 0.792. The molecule has 2 nitrogen and oxygen atoms in total. The maximum absolute atomic E-state index is 15.2. The van der Waals surface area contributed by atoms with Crippen LogP contribution in [0.3, 0.4) is 0 Å². The molecule has 4 rings (SSSR count). The van der Waals surface area contributed by atoms with E-state index < -0.39 is 5.67 Å². The molecule has 2 bridgehead atoms. The summed E-state index contributed by atoms with van der Waals surface area (Å²) in [6, 6.07) is 8.71. The highest BCUT2D eigenvalue weighted by atomic mass is 19.1. The van der Waals surface area contributed by atoms with E-state index in [1.165, 1.54) is 0 Å². The molecule has 0 amide bonds. The molecule has 2 aliphatic rings. The molecule has 0 aliphatic carbocycles. The largest absolute Gasteiger partial charge is 0.361 e. The van der Waals surface area contributed by atoms with E-state index in [0.29, 0.717) is 24.9 Å². The Labute approximate surface area is 106 Å². The van der Waals surface area contributed by atoms with Crippen molar-refractivity contribution < 1.29 is 4.39 Å². The van der Waals surface area contributed by atoms with Gasteiger partial charge in [-0.15, -0.1) is 0 Å². The van der Waals surface area contributed by atoms with Gasteiger partial charge in [0.1, 0.15) is 5.67 Å². The standard InChI is InChI=1S/C15H17FN2/c16-15(8-12-2-3-13(9-15)18-12)11-1-4-14-10(7-11)5-6-17-14/h1,4-7,12-13,17-18H,2-3,8-9H2. The zero-order valence-electron chi connectivity index (χ0n) is 10.2. The van der Waals surface area contributed by atoms with Crippen molar-refractivity contribution in [2.75, 3.05) is 0 Å². The summed E-state index contributed by atoms with van der Waals surface area (Å²) < 4.78 is 15.2. The highest BCUT2D eigenvalue weighted by Gasteiger charge is 2.45. The van der Waals surface area contributed by atoms with Crippen molar-refractivity contribution >= 4 is 10.9 Å². The molecule has 0 radical (unpaired) electrons.